The lowest BCUT2D eigenvalue weighted by Crippen LogP contribution is -2.17. The Labute approximate surface area is 54.4 Å². The van der Waals surface area contributed by atoms with Gasteiger partial charge in [-0.1, -0.05) is 6.08 Å². The number of carbonyl (C=O) groups is 1. The molecule has 0 aromatic heterocycles. The molecular formula is C6H10N2O. The minimum absolute atomic E-state index is 0.709. The topological polar surface area (TPSA) is 46.3 Å². The van der Waals surface area contributed by atoms with Crippen LogP contribution >= 0.6 is 0 Å². The number of hydrazine groups is 1. The van der Waals surface area contributed by atoms with Crippen LogP contribution < -0.4 is 5.84 Å². The average molecular weight is 126 g/mol. The number of allylic oxidation sites excluding steroid dienone is 3. The maximum Gasteiger partial charge on any atom is 0.142 e. The van der Waals surface area contributed by atoms with Crippen LogP contribution in [0.2, 0.25) is 0 Å². The van der Waals surface area contributed by atoms with Crippen molar-refractivity contribution in [3.63, 3.8) is 0 Å². The quantitative estimate of drug-likeness (QED) is 0.191. The van der Waals surface area contributed by atoms with Crippen molar-refractivity contribution in [2.45, 2.75) is 0 Å². The van der Waals surface area contributed by atoms with E-state index in [0.29, 0.717) is 6.29 Å². The molecule has 0 fully saturated rings. The summed E-state index contributed by atoms with van der Waals surface area (Å²) in [5, 5.41) is 1.40. The molecule has 0 unspecified atom stereocenters. The van der Waals surface area contributed by atoms with E-state index in [0.717, 1.165) is 0 Å². The minimum Gasteiger partial charge on any atom is -0.321 e. The molecule has 50 valence electrons. The van der Waals surface area contributed by atoms with Crippen molar-refractivity contribution in [2.75, 3.05) is 7.05 Å². The van der Waals surface area contributed by atoms with Crippen LogP contribution in [0.4, 0.5) is 0 Å². The molecule has 0 aromatic rings. The summed E-state index contributed by atoms with van der Waals surface area (Å²) >= 11 is 0. The second-order valence-corrected chi connectivity index (χ2v) is 1.53. The first-order valence-electron chi connectivity index (χ1n) is 2.53. The Bertz CT molecular complexity index is 127. The minimum atomic E-state index is 0.709. The van der Waals surface area contributed by atoms with Crippen molar-refractivity contribution < 1.29 is 4.79 Å². The summed E-state index contributed by atoms with van der Waals surface area (Å²) in [6.07, 6.45) is 7.02. The zero-order chi connectivity index (χ0) is 7.11. The summed E-state index contributed by atoms with van der Waals surface area (Å²) < 4.78 is 0. The van der Waals surface area contributed by atoms with Crippen LogP contribution in [0.15, 0.2) is 24.4 Å². The van der Waals surface area contributed by atoms with Gasteiger partial charge in [0.05, 0.1) is 0 Å². The van der Waals surface area contributed by atoms with Crippen molar-refractivity contribution in [1.29, 1.82) is 0 Å². The summed E-state index contributed by atoms with van der Waals surface area (Å²) in [6.45, 7) is 0. The van der Waals surface area contributed by atoms with Gasteiger partial charge in [0, 0.05) is 13.2 Å². The van der Waals surface area contributed by atoms with E-state index in [2.05, 4.69) is 0 Å². The number of carbonyl (C=O) groups excluding carboxylic acids is 1. The van der Waals surface area contributed by atoms with Gasteiger partial charge in [-0.05, 0) is 12.2 Å². The first kappa shape index (κ1) is 7.91. The predicted octanol–water partition coefficient (Wildman–Crippen LogP) is 0.0607. The number of rotatable bonds is 3. The lowest BCUT2D eigenvalue weighted by Gasteiger charge is -2.00. The van der Waals surface area contributed by atoms with E-state index in [1.165, 1.54) is 11.1 Å². The van der Waals surface area contributed by atoms with E-state index < -0.39 is 0 Å². The predicted molar refractivity (Wildman–Crippen MR) is 36.3 cm³/mol. The molecule has 0 aliphatic rings. The van der Waals surface area contributed by atoms with Crippen LogP contribution in [0.3, 0.4) is 0 Å². The van der Waals surface area contributed by atoms with Crippen LogP contribution in [0, 0.1) is 0 Å². The fourth-order valence-corrected chi connectivity index (χ4v) is 0.295. The van der Waals surface area contributed by atoms with Gasteiger partial charge < -0.3 is 5.01 Å². The van der Waals surface area contributed by atoms with E-state index in [1.54, 1.807) is 25.4 Å². The fraction of sp³-hybridized carbons (Fsp3) is 0.167. The molecule has 0 aliphatic heterocycles. The smallest absolute Gasteiger partial charge is 0.142 e. The van der Waals surface area contributed by atoms with Gasteiger partial charge in [0.1, 0.15) is 6.29 Å². The Kier molecular flexibility index (Phi) is 4.44. The van der Waals surface area contributed by atoms with Crippen molar-refractivity contribution in [3.8, 4) is 0 Å². The number of aldehydes is 1. The standard InChI is InChI=1S/C6H10N2O/c1-8(7)5-3-2-4-6-9/h2-6H,7H2,1H3. The van der Waals surface area contributed by atoms with Gasteiger partial charge in [0.25, 0.3) is 0 Å². The van der Waals surface area contributed by atoms with Crippen LogP contribution in [0.25, 0.3) is 0 Å². The van der Waals surface area contributed by atoms with E-state index in [4.69, 9.17) is 5.84 Å². The Morgan fingerprint density at radius 2 is 2.00 bits per heavy atom. The Balaban J connectivity index is 3.46. The molecule has 0 aromatic carbocycles. The molecule has 0 amide bonds. The monoisotopic (exact) mass is 126 g/mol. The number of hydrogen-bond donors (Lipinski definition) is 1. The number of nitrogens with zero attached hydrogens (tertiary/aromatic N) is 1. The lowest BCUT2D eigenvalue weighted by molar-refractivity contribution is -0.104. The highest BCUT2D eigenvalue weighted by Gasteiger charge is 1.69. The number of hydrogen-bond acceptors (Lipinski definition) is 3. The van der Waals surface area contributed by atoms with Gasteiger partial charge in [0.2, 0.25) is 0 Å². The highest BCUT2D eigenvalue weighted by Crippen LogP contribution is 1.75. The van der Waals surface area contributed by atoms with E-state index in [9.17, 15) is 4.79 Å². The second-order valence-electron chi connectivity index (χ2n) is 1.53. The molecule has 9 heavy (non-hydrogen) atoms. The fourth-order valence-electron chi connectivity index (χ4n) is 0.295. The van der Waals surface area contributed by atoms with Gasteiger partial charge >= 0.3 is 0 Å². The maximum absolute atomic E-state index is 9.68. The zero-order valence-corrected chi connectivity index (χ0v) is 5.32. The summed E-state index contributed by atoms with van der Waals surface area (Å²) in [7, 11) is 1.70. The second kappa shape index (κ2) is 5.05. The molecule has 0 rings (SSSR count). The molecule has 2 N–H and O–H groups in total. The Hall–Kier alpha value is -1.09. The third kappa shape index (κ3) is 6.91. The Morgan fingerprint density at radius 3 is 2.44 bits per heavy atom. The van der Waals surface area contributed by atoms with Crippen molar-refractivity contribution in [2.24, 2.45) is 5.84 Å². The number of nitrogens with two attached hydrogens (primary N) is 1. The molecule has 0 heterocycles. The van der Waals surface area contributed by atoms with Crippen molar-refractivity contribution >= 4 is 6.29 Å². The molecule has 0 radical (unpaired) electrons. The zero-order valence-electron chi connectivity index (χ0n) is 5.32. The van der Waals surface area contributed by atoms with Gasteiger partial charge in [-0.3, -0.25) is 4.79 Å². The van der Waals surface area contributed by atoms with E-state index in [-0.39, 0.29) is 0 Å². The first-order valence-corrected chi connectivity index (χ1v) is 2.53. The molecular weight excluding hydrogens is 116 g/mol. The summed E-state index contributed by atoms with van der Waals surface area (Å²) in [4.78, 5) is 9.68. The molecule has 0 aliphatic carbocycles. The van der Waals surface area contributed by atoms with E-state index >= 15 is 0 Å². The summed E-state index contributed by atoms with van der Waals surface area (Å²) in [5.41, 5.74) is 0. The molecule has 0 spiro atoms. The molecule has 3 nitrogen and oxygen atoms in total. The Morgan fingerprint density at radius 1 is 1.33 bits per heavy atom. The average Bonchev–Trinajstić information content (AvgIpc) is 1.80. The van der Waals surface area contributed by atoms with Gasteiger partial charge in [-0.2, -0.15) is 0 Å². The molecule has 0 saturated heterocycles. The normalized spacial score (nSPS) is 10.9. The molecule has 0 bridgehead atoms. The van der Waals surface area contributed by atoms with Crippen LogP contribution in [-0.2, 0) is 4.79 Å². The van der Waals surface area contributed by atoms with E-state index in [1.807, 2.05) is 0 Å². The van der Waals surface area contributed by atoms with Crippen LogP contribution in [0.5, 0.6) is 0 Å². The van der Waals surface area contributed by atoms with Crippen molar-refractivity contribution in [3.05, 3.63) is 24.4 Å². The third-order valence-electron chi connectivity index (χ3n) is 0.622. The molecule has 3 heteroatoms. The third-order valence-corrected chi connectivity index (χ3v) is 0.622. The molecule has 0 atom stereocenters. The van der Waals surface area contributed by atoms with Gasteiger partial charge in [-0.15, -0.1) is 0 Å². The highest BCUT2D eigenvalue weighted by atomic mass is 16.1. The summed E-state index contributed by atoms with van der Waals surface area (Å²) in [6, 6.07) is 0. The van der Waals surface area contributed by atoms with Crippen molar-refractivity contribution in [1.82, 2.24) is 5.01 Å². The summed E-state index contributed by atoms with van der Waals surface area (Å²) in [5.74, 6) is 5.20. The van der Waals surface area contributed by atoms with Gasteiger partial charge in [0.15, 0.2) is 0 Å². The highest BCUT2D eigenvalue weighted by molar-refractivity contribution is 5.65. The first-order chi connectivity index (χ1) is 4.27. The molecule has 0 saturated carbocycles. The lowest BCUT2D eigenvalue weighted by atomic mass is 10.5. The maximum atomic E-state index is 9.68. The van der Waals surface area contributed by atoms with Crippen LogP contribution in [0.1, 0.15) is 0 Å². The SMILES string of the molecule is CN(N)C=CC=CC=O. The largest absolute Gasteiger partial charge is 0.321 e. The van der Waals surface area contributed by atoms with Crippen LogP contribution in [-0.4, -0.2) is 18.3 Å². The van der Waals surface area contributed by atoms with Gasteiger partial charge in [-0.25, -0.2) is 5.84 Å².